The van der Waals surface area contributed by atoms with Crippen LogP contribution in [0.4, 0.5) is 0 Å². The lowest BCUT2D eigenvalue weighted by molar-refractivity contribution is -0.117. The van der Waals surface area contributed by atoms with Gasteiger partial charge in [0, 0.05) is 31.4 Å². The Labute approximate surface area is 126 Å². The molecule has 1 aliphatic heterocycles. The maximum absolute atomic E-state index is 12.4. The number of hydrogen-bond donors (Lipinski definition) is 0. The van der Waals surface area contributed by atoms with Gasteiger partial charge in [-0.3, -0.25) is 9.79 Å². The summed E-state index contributed by atoms with van der Waals surface area (Å²) < 4.78 is 0. The van der Waals surface area contributed by atoms with Crippen LogP contribution >= 0.6 is 0 Å². The molecule has 1 aliphatic carbocycles. The van der Waals surface area contributed by atoms with Crippen molar-refractivity contribution in [2.24, 2.45) is 10.4 Å². The number of benzene rings is 1. The lowest BCUT2D eigenvalue weighted by atomic mass is 9.74. The maximum atomic E-state index is 12.4. The van der Waals surface area contributed by atoms with Crippen LogP contribution < -0.4 is 0 Å². The van der Waals surface area contributed by atoms with E-state index in [1.807, 2.05) is 12.3 Å². The highest BCUT2D eigenvalue weighted by Crippen LogP contribution is 2.35. The summed E-state index contributed by atoms with van der Waals surface area (Å²) in [5.74, 6) is 0.241. The molecule has 3 rings (SSSR count). The van der Waals surface area contributed by atoms with Crippen LogP contribution in [0.25, 0.3) is 0 Å². The van der Waals surface area contributed by atoms with Crippen LogP contribution in [0, 0.1) is 5.41 Å². The molecule has 0 saturated heterocycles. The molecular formula is C18H22N2O. The van der Waals surface area contributed by atoms with Crippen LogP contribution in [0.2, 0.25) is 0 Å². The molecule has 1 heterocycles. The number of nitrogens with zero attached hydrogens (tertiary/aromatic N) is 2. The van der Waals surface area contributed by atoms with Crippen LogP contribution in [0.1, 0.15) is 32.3 Å². The Hall–Kier alpha value is -1.90. The first kappa shape index (κ1) is 14.1. The van der Waals surface area contributed by atoms with Crippen LogP contribution in [-0.2, 0) is 11.3 Å². The second-order valence-corrected chi connectivity index (χ2v) is 6.77. The maximum Gasteiger partial charge on any atom is 0.166 e. The zero-order valence-corrected chi connectivity index (χ0v) is 12.8. The zero-order chi connectivity index (χ0) is 14.9. The third-order valence-electron chi connectivity index (χ3n) is 4.13. The Morgan fingerprint density at radius 2 is 1.95 bits per heavy atom. The van der Waals surface area contributed by atoms with Crippen LogP contribution in [0.15, 0.2) is 47.1 Å². The number of ketones is 1. The van der Waals surface area contributed by atoms with Gasteiger partial charge >= 0.3 is 0 Å². The first-order valence-electron chi connectivity index (χ1n) is 7.60. The third-order valence-corrected chi connectivity index (χ3v) is 4.13. The van der Waals surface area contributed by atoms with E-state index >= 15 is 0 Å². The van der Waals surface area contributed by atoms with E-state index in [-0.39, 0.29) is 11.2 Å². The fourth-order valence-electron chi connectivity index (χ4n) is 3.09. The Morgan fingerprint density at radius 3 is 2.71 bits per heavy atom. The van der Waals surface area contributed by atoms with Crippen molar-refractivity contribution in [2.45, 2.75) is 33.2 Å². The fraction of sp³-hybridized carbons (Fsp3) is 0.444. The highest BCUT2D eigenvalue weighted by atomic mass is 16.1. The number of hydrogen-bond acceptors (Lipinski definition) is 3. The topological polar surface area (TPSA) is 32.7 Å². The Morgan fingerprint density at radius 1 is 1.19 bits per heavy atom. The van der Waals surface area contributed by atoms with E-state index in [0.717, 1.165) is 37.3 Å². The van der Waals surface area contributed by atoms with E-state index in [9.17, 15) is 4.79 Å². The van der Waals surface area contributed by atoms with E-state index in [4.69, 9.17) is 0 Å². The molecule has 0 spiro atoms. The van der Waals surface area contributed by atoms with E-state index in [1.54, 1.807) is 0 Å². The Balaban J connectivity index is 1.82. The van der Waals surface area contributed by atoms with Crippen LogP contribution in [0.5, 0.6) is 0 Å². The smallest absolute Gasteiger partial charge is 0.166 e. The third kappa shape index (κ3) is 3.23. The molecule has 0 aromatic heterocycles. The average Bonchev–Trinajstić information content (AvgIpc) is 2.61. The van der Waals surface area contributed by atoms with Gasteiger partial charge in [-0.15, -0.1) is 0 Å². The first-order valence-corrected chi connectivity index (χ1v) is 7.60. The van der Waals surface area contributed by atoms with Crippen molar-refractivity contribution in [3.8, 4) is 0 Å². The predicted octanol–water partition coefficient (Wildman–Crippen LogP) is 3.22. The minimum absolute atomic E-state index is 0.0435. The fourth-order valence-corrected chi connectivity index (χ4v) is 3.09. The van der Waals surface area contributed by atoms with Crippen molar-refractivity contribution in [2.75, 3.05) is 13.1 Å². The van der Waals surface area contributed by atoms with Crippen molar-refractivity contribution in [3.05, 3.63) is 47.7 Å². The highest BCUT2D eigenvalue weighted by Gasteiger charge is 2.35. The molecule has 110 valence electrons. The number of aliphatic imine (C=N–C) groups is 1. The van der Waals surface area contributed by atoms with Crippen molar-refractivity contribution < 1.29 is 4.79 Å². The Kier molecular flexibility index (Phi) is 3.66. The second kappa shape index (κ2) is 5.47. The SMILES string of the molecule is CC1(C)CC(=O)C2=CN(Cc3ccccc3)CCN=C2C1. The van der Waals surface area contributed by atoms with Crippen molar-refractivity contribution in [1.29, 1.82) is 0 Å². The second-order valence-electron chi connectivity index (χ2n) is 6.77. The van der Waals surface area contributed by atoms with Gasteiger partial charge in [0.15, 0.2) is 5.78 Å². The predicted molar refractivity (Wildman–Crippen MR) is 85.3 cm³/mol. The number of Topliss-reactive ketones (excluding diaryl/α,β-unsaturated/α-hetero) is 1. The van der Waals surface area contributed by atoms with Crippen LogP contribution in [0.3, 0.4) is 0 Å². The molecule has 3 heteroatoms. The molecule has 0 unspecified atom stereocenters. The number of carbonyl (C=O) groups excluding carboxylic acids is 1. The molecule has 1 saturated carbocycles. The normalized spacial score (nSPS) is 21.2. The molecule has 1 fully saturated rings. The molecule has 0 atom stereocenters. The van der Waals surface area contributed by atoms with Gasteiger partial charge < -0.3 is 4.90 Å². The summed E-state index contributed by atoms with van der Waals surface area (Å²) in [6, 6.07) is 10.4. The molecule has 21 heavy (non-hydrogen) atoms. The Bertz CT molecular complexity index is 599. The molecule has 1 aromatic rings. The lowest BCUT2D eigenvalue weighted by Gasteiger charge is -2.31. The van der Waals surface area contributed by atoms with Crippen molar-refractivity contribution in [1.82, 2.24) is 4.90 Å². The molecule has 1 aromatic carbocycles. The minimum atomic E-state index is 0.0435. The van der Waals surface area contributed by atoms with Gasteiger partial charge in [0.2, 0.25) is 0 Å². The first-order chi connectivity index (χ1) is 10.0. The van der Waals surface area contributed by atoms with Crippen molar-refractivity contribution >= 4 is 11.5 Å². The number of fused-ring (bicyclic) bond motifs is 1. The van der Waals surface area contributed by atoms with Gasteiger partial charge in [-0.25, -0.2) is 0 Å². The molecule has 0 radical (unpaired) electrons. The minimum Gasteiger partial charge on any atom is -0.371 e. The van der Waals surface area contributed by atoms with E-state index in [1.165, 1.54) is 5.56 Å². The van der Waals surface area contributed by atoms with Crippen LogP contribution in [-0.4, -0.2) is 29.5 Å². The lowest BCUT2D eigenvalue weighted by Crippen LogP contribution is -2.32. The summed E-state index contributed by atoms with van der Waals surface area (Å²) in [6.45, 7) is 6.78. The summed E-state index contributed by atoms with van der Waals surface area (Å²) in [7, 11) is 0. The van der Waals surface area contributed by atoms with Gasteiger partial charge in [0.25, 0.3) is 0 Å². The van der Waals surface area contributed by atoms with Gasteiger partial charge in [0.1, 0.15) is 0 Å². The summed E-state index contributed by atoms with van der Waals surface area (Å²) in [5.41, 5.74) is 3.15. The van der Waals surface area contributed by atoms with Gasteiger partial charge in [-0.1, -0.05) is 44.2 Å². The number of carbonyl (C=O) groups is 1. The highest BCUT2D eigenvalue weighted by molar-refractivity contribution is 6.24. The standard InChI is InChI=1S/C18H22N2O/c1-18(2)10-16-15(17(21)11-18)13-20(9-8-19-16)12-14-6-4-3-5-7-14/h3-7,13H,8-12H2,1-2H3. The molecular weight excluding hydrogens is 260 g/mol. The van der Waals surface area contributed by atoms with Gasteiger partial charge in [-0.05, 0) is 17.4 Å². The summed E-state index contributed by atoms with van der Waals surface area (Å²) >= 11 is 0. The van der Waals surface area contributed by atoms with E-state index < -0.39 is 0 Å². The molecule has 0 amide bonds. The summed E-state index contributed by atoms with van der Waals surface area (Å²) in [5, 5.41) is 0. The molecule has 3 nitrogen and oxygen atoms in total. The summed E-state index contributed by atoms with van der Waals surface area (Å²) in [6.07, 6.45) is 3.57. The zero-order valence-electron chi connectivity index (χ0n) is 12.8. The van der Waals surface area contributed by atoms with E-state index in [2.05, 4.69) is 48.0 Å². The number of allylic oxidation sites excluding steroid dienone is 1. The van der Waals surface area contributed by atoms with E-state index in [0.29, 0.717) is 6.42 Å². The monoisotopic (exact) mass is 282 g/mol. The van der Waals surface area contributed by atoms with Crippen molar-refractivity contribution in [3.63, 3.8) is 0 Å². The average molecular weight is 282 g/mol. The van der Waals surface area contributed by atoms with Gasteiger partial charge in [0.05, 0.1) is 12.1 Å². The quantitative estimate of drug-likeness (QED) is 0.834. The number of rotatable bonds is 2. The molecule has 0 bridgehead atoms. The largest absolute Gasteiger partial charge is 0.371 e. The summed E-state index contributed by atoms with van der Waals surface area (Å²) in [4.78, 5) is 19.3. The molecule has 0 N–H and O–H groups in total. The molecule has 2 aliphatic rings. The van der Waals surface area contributed by atoms with Gasteiger partial charge in [-0.2, -0.15) is 0 Å².